The summed E-state index contributed by atoms with van der Waals surface area (Å²) in [5.41, 5.74) is 0.538. The molecule has 1 nitrogen and oxygen atoms in total. The fourth-order valence-corrected chi connectivity index (χ4v) is 10.1. The van der Waals surface area contributed by atoms with Crippen LogP contribution in [0.15, 0.2) is 12.1 Å². The molecule has 2 fully saturated rings. The van der Waals surface area contributed by atoms with Crippen LogP contribution in [0.25, 0.3) is 0 Å². The lowest BCUT2D eigenvalue weighted by atomic mass is 9.72. The van der Waals surface area contributed by atoms with Crippen molar-refractivity contribution in [2.45, 2.75) is 95.7 Å². The van der Waals surface area contributed by atoms with Crippen molar-refractivity contribution in [3.63, 3.8) is 0 Å². The summed E-state index contributed by atoms with van der Waals surface area (Å²) in [6.07, 6.45) is 10.7. The van der Waals surface area contributed by atoms with Gasteiger partial charge < -0.3 is 4.74 Å². The Morgan fingerprint density at radius 1 is 0.931 bits per heavy atom. The van der Waals surface area contributed by atoms with E-state index in [0.29, 0.717) is 12.2 Å². The fourth-order valence-electron chi connectivity index (χ4n) is 5.60. The van der Waals surface area contributed by atoms with Crippen LogP contribution in [-0.2, 0) is 0 Å². The molecule has 0 amide bonds. The van der Waals surface area contributed by atoms with Crippen molar-refractivity contribution in [3.8, 4) is 5.75 Å². The number of rotatable bonds is 8. The first-order valence-electron chi connectivity index (χ1n) is 11.8. The molecule has 5 heteroatoms. The molecule has 29 heavy (non-hydrogen) atoms. The monoisotopic (exact) mass is 442 g/mol. The highest BCUT2D eigenvalue weighted by molar-refractivity contribution is 7.20. The summed E-state index contributed by atoms with van der Waals surface area (Å²) in [6.45, 7) is 4.37. The van der Waals surface area contributed by atoms with Gasteiger partial charge in [-0.3, -0.25) is 0 Å². The third-order valence-electron chi connectivity index (χ3n) is 7.41. The summed E-state index contributed by atoms with van der Waals surface area (Å²) in [7, 11) is -1.50. The van der Waals surface area contributed by atoms with E-state index in [9.17, 15) is 8.78 Å². The molecule has 1 aliphatic carbocycles. The zero-order valence-corrected chi connectivity index (χ0v) is 19.9. The second-order valence-corrected chi connectivity index (χ2v) is 15.5. The van der Waals surface area contributed by atoms with E-state index in [1.54, 1.807) is 19.1 Å². The highest BCUT2D eigenvalue weighted by atomic mass is 35.6. The molecule has 0 radical (unpaired) electrons. The number of halogens is 3. The van der Waals surface area contributed by atoms with Crippen LogP contribution in [0.3, 0.4) is 0 Å². The topological polar surface area (TPSA) is 9.23 Å². The van der Waals surface area contributed by atoms with Crippen molar-refractivity contribution in [3.05, 3.63) is 29.3 Å². The van der Waals surface area contributed by atoms with Gasteiger partial charge in [0.15, 0.2) is 19.0 Å². The van der Waals surface area contributed by atoms with E-state index in [2.05, 4.69) is 6.92 Å². The average molecular weight is 443 g/mol. The minimum absolute atomic E-state index is 0.0253. The number of hydrogen-bond donors (Lipinski definition) is 0. The van der Waals surface area contributed by atoms with Gasteiger partial charge in [0.1, 0.15) is 0 Å². The minimum Gasteiger partial charge on any atom is -0.491 e. The normalized spacial score (nSPS) is 30.3. The second-order valence-electron chi connectivity index (χ2n) is 9.27. The van der Waals surface area contributed by atoms with E-state index < -0.39 is 19.0 Å². The van der Waals surface area contributed by atoms with E-state index >= 15 is 0 Å². The van der Waals surface area contributed by atoms with Gasteiger partial charge in [-0.25, -0.2) is 4.39 Å². The van der Waals surface area contributed by atoms with Crippen LogP contribution in [0.2, 0.25) is 18.1 Å². The molecule has 3 rings (SSSR count). The number of hydrogen-bond acceptors (Lipinski definition) is 1. The summed E-state index contributed by atoms with van der Waals surface area (Å²) < 4.78 is 34.0. The van der Waals surface area contributed by atoms with Crippen LogP contribution in [-0.4, -0.2) is 14.0 Å². The van der Waals surface area contributed by atoms with Gasteiger partial charge in [-0.2, -0.15) is 15.5 Å². The van der Waals surface area contributed by atoms with Crippen molar-refractivity contribution in [2.75, 3.05) is 6.61 Å². The molecular formula is C24H37ClF2OSi. The van der Waals surface area contributed by atoms with E-state index in [0.717, 1.165) is 37.5 Å². The van der Waals surface area contributed by atoms with Gasteiger partial charge in [0.25, 0.3) is 0 Å². The molecule has 0 unspecified atom stereocenters. The van der Waals surface area contributed by atoms with Crippen LogP contribution in [0, 0.1) is 23.5 Å². The van der Waals surface area contributed by atoms with E-state index in [1.165, 1.54) is 50.2 Å². The Balaban J connectivity index is 1.51. The van der Waals surface area contributed by atoms with Crippen molar-refractivity contribution >= 4 is 18.5 Å². The molecule has 0 bridgehead atoms. The molecule has 1 aromatic carbocycles. The third-order valence-corrected chi connectivity index (χ3v) is 12.7. The standard InChI is InChI=1S/C24H37ClF2OSi/c1-3-5-6-15-29(25)16-13-19(14-17-29)18-7-9-20(10-8-18)21-11-12-22(28-4-2)24(27)23(21)26/h11-12,18-20H,3-10,13-17H2,1-2H3. The Bertz CT molecular complexity index is 653. The Kier molecular flexibility index (Phi) is 8.44. The predicted molar refractivity (Wildman–Crippen MR) is 121 cm³/mol. The van der Waals surface area contributed by atoms with Gasteiger partial charge in [-0.1, -0.05) is 45.1 Å². The first-order valence-corrected chi connectivity index (χ1v) is 15.4. The molecular weight excluding hydrogens is 406 g/mol. The highest BCUT2D eigenvalue weighted by Gasteiger charge is 2.39. The lowest BCUT2D eigenvalue weighted by Gasteiger charge is -2.40. The van der Waals surface area contributed by atoms with Crippen molar-refractivity contribution in [1.82, 2.24) is 0 Å². The van der Waals surface area contributed by atoms with Gasteiger partial charge in [0, 0.05) is 0 Å². The van der Waals surface area contributed by atoms with E-state index in [4.69, 9.17) is 15.8 Å². The lowest BCUT2D eigenvalue weighted by Crippen LogP contribution is -2.35. The first-order chi connectivity index (χ1) is 14.0. The highest BCUT2D eigenvalue weighted by Crippen LogP contribution is 2.47. The summed E-state index contributed by atoms with van der Waals surface area (Å²) in [5, 5.41) is 0. The third kappa shape index (κ3) is 5.75. The molecule has 1 saturated carbocycles. The molecule has 0 aromatic heterocycles. The maximum absolute atomic E-state index is 14.6. The van der Waals surface area contributed by atoms with Gasteiger partial charge >= 0.3 is 0 Å². The number of benzene rings is 1. The van der Waals surface area contributed by atoms with Crippen molar-refractivity contribution in [2.24, 2.45) is 11.8 Å². The van der Waals surface area contributed by atoms with Crippen LogP contribution >= 0.6 is 11.1 Å². The van der Waals surface area contributed by atoms with Crippen molar-refractivity contribution < 1.29 is 13.5 Å². The molecule has 2 aliphatic rings. The van der Waals surface area contributed by atoms with Gasteiger partial charge in [0.2, 0.25) is 5.82 Å². The fraction of sp³-hybridized carbons (Fsp3) is 0.750. The molecule has 0 spiro atoms. The second kappa shape index (κ2) is 10.6. The van der Waals surface area contributed by atoms with E-state index in [-0.39, 0.29) is 11.7 Å². The summed E-state index contributed by atoms with van der Waals surface area (Å²) in [5.74, 6) is 0.163. The Hall–Kier alpha value is -0.613. The Labute approximate surface area is 181 Å². The quantitative estimate of drug-likeness (QED) is 0.223. The van der Waals surface area contributed by atoms with Crippen LogP contribution in [0.1, 0.15) is 83.1 Å². The molecule has 1 aliphatic heterocycles. The van der Waals surface area contributed by atoms with Crippen LogP contribution < -0.4 is 4.74 Å². The maximum atomic E-state index is 14.6. The Morgan fingerprint density at radius 2 is 1.59 bits per heavy atom. The SMILES string of the molecule is CCCCC[Si]1(Cl)CCC(C2CCC(c3ccc(OCC)c(F)c3F)CC2)CC1. The summed E-state index contributed by atoms with van der Waals surface area (Å²) >= 11 is 7.04. The zero-order valence-electron chi connectivity index (χ0n) is 18.1. The molecule has 1 aromatic rings. The lowest BCUT2D eigenvalue weighted by molar-refractivity contribution is 0.213. The minimum atomic E-state index is -1.50. The summed E-state index contributed by atoms with van der Waals surface area (Å²) in [6, 6.07) is 7.18. The molecule has 1 heterocycles. The van der Waals surface area contributed by atoms with Crippen LogP contribution in [0.4, 0.5) is 8.78 Å². The Morgan fingerprint density at radius 3 is 2.21 bits per heavy atom. The van der Waals surface area contributed by atoms with Gasteiger partial charge in [-0.15, -0.1) is 0 Å². The number of ether oxygens (including phenoxy) is 1. The molecule has 0 N–H and O–H groups in total. The predicted octanol–water partition coefficient (Wildman–Crippen LogP) is 8.42. The number of unbranched alkanes of at least 4 members (excludes halogenated alkanes) is 2. The van der Waals surface area contributed by atoms with Gasteiger partial charge in [0.05, 0.1) is 6.61 Å². The molecule has 1 saturated heterocycles. The van der Waals surface area contributed by atoms with Crippen LogP contribution in [0.5, 0.6) is 5.75 Å². The summed E-state index contributed by atoms with van der Waals surface area (Å²) in [4.78, 5) is 0. The molecule has 164 valence electrons. The zero-order chi connectivity index (χ0) is 20.9. The van der Waals surface area contributed by atoms with E-state index in [1.807, 2.05) is 0 Å². The van der Waals surface area contributed by atoms with Crippen molar-refractivity contribution in [1.29, 1.82) is 0 Å². The average Bonchev–Trinajstić information content (AvgIpc) is 2.73. The molecule has 0 atom stereocenters. The van der Waals surface area contributed by atoms with Gasteiger partial charge in [-0.05, 0) is 80.1 Å². The largest absolute Gasteiger partial charge is 0.491 e. The maximum Gasteiger partial charge on any atom is 0.200 e. The smallest absolute Gasteiger partial charge is 0.200 e. The first kappa shape index (κ1) is 23.1.